The Balaban J connectivity index is 1.68. The van der Waals surface area contributed by atoms with Gasteiger partial charge >= 0.3 is 0 Å². The monoisotopic (exact) mass is 404 g/mol. The predicted octanol–water partition coefficient (Wildman–Crippen LogP) is 1.53. The van der Waals surface area contributed by atoms with Crippen molar-refractivity contribution in [2.45, 2.75) is 18.7 Å². The fourth-order valence-corrected chi connectivity index (χ4v) is 3.08. The Morgan fingerprint density at radius 3 is 2.32 bits per heavy atom. The molecule has 0 aliphatic rings. The van der Waals surface area contributed by atoms with Crippen LogP contribution in [0.5, 0.6) is 0 Å². The van der Waals surface area contributed by atoms with Crippen LogP contribution in [0.4, 0.5) is 10.1 Å². The quantitative estimate of drug-likeness (QED) is 0.537. The second-order valence-corrected chi connectivity index (χ2v) is 7.61. The molecule has 28 heavy (non-hydrogen) atoms. The summed E-state index contributed by atoms with van der Waals surface area (Å²) in [5.74, 6) is -1.16. The molecule has 3 aromatic rings. The van der Waals surface area contributed by atoms with Crippen molar-refractivity contribution < 1.29 is 17.6 Å². The highest BCUT2D eigenvalue weighted by Crippen LogP contribution is 2.11. The number of rotatable bonds is 6. The molecule has 1 heterocycles. The Bertz CT molecular complexity index is 1090. The Kier molecular flexibility index (Phi) is 5.38. The average Bonchev–Trinajstić information content (AvgIpc) is 3.02. The van der Waals surface area contributed by atoms with Gasteiger partial charge in [0.05, 0.1) is 16.3 Å². The number of halogens is 1. The number of sulfonamides is 1. The molecular weight excluding hydrogens is 387 g/mol. The van der Waals surface area contributed by atoms with Crippen LogP contribution in [0.3, 0.4) is 0 Å². The van der Waals surface area contributed by atoms with Gasteiger partial charge < -0.3 is 0 Å². The fourth-order valence-electron chi connectivity index (χ4n) is 2.24. The SMILES string of the molecule is Cc1ccc(S(=O)(=O)NNC(=O)c2nnn(Nc3ccc(F)cc3)c2C)cc1. The van der Waals surface area contributed by atoms with E-state index in [1.807, 2.05) is 11.8 Å². The molecule has 0 spiro atoms. The van der Waals surface area contributed by atoms with Crippen LogP contribution in [0.2, 0.25) is 0 Å². The Labute approximate surface area is 160 Å². The summed E-state index contributed by atoms with van der Waals surface area (Å²) in [5.41, 5.74) is 6.63. The summed E-state index contributed by atoms with van der Waals surface area (Å²) in [4.78, 5) is 15.5. The molecule has 2 aromatic carbocycles. The lowest BCUT2D eigenvalue weighted by molar-refractivity contribution is 0.0939. The van der Waals surface area contributed by atoms with E-state index >= 15 is 0 Å². The van der Waals surface area contributed by atoms with Gasteiger partial charge in [0.15, 0.2) is 5.69 Å². The number of hydrazine groups is 1. The molecule has 3 rings (SSSR count). The lowest BCUT2D eigenvalue weighted by Crippen LogP contribution is -2.42. The minimum absolute atomic E-state index is 0.0109. The van der Waals surface area contributed by atoms with Gasteiger partial charge in [-0.3, -0.25) is 15.6 Å². The van der Waals surface area contributed by atoms with Crippen molar-refractivity contribution in [2.75, 3.05) is 5.43 Å². The third-order valence-electron chi connectivity index (χ3n) is 3.82. The van der Waals surface area contributed by atoms with E-state index in [4.69, 9.17) is 0 Å². The number of amides is 1. The van der Waals surface area contributed by atoms with E-state index in [9.17, 15) is 17.6 Å². The zero-order chi connectivity index (χ0) is 20.3. The second-order valence-electron chi connectivity index (χ2n) is 5.93. The van der Waals surface area contributed by atoms with Crippen molar-refractivity contribution in [1.82, 2.24) is 25.4 Å². The Morgan fingerprint density at radius 2 is 1.68 bits per heavy atom. The van der Waals surface area contributed by atoms with Gasteiger partial charge in [0, 0.05) is 0 Å². The highest BCUT2D eigenvalue weighted by Gasteiger charge is 2.20. The molecule has 0 aliphatic carbocycles. The zero-order valence-electron chi connectivity index (χ0n) is 15.0. The average molecular weight is 404 g/mol. The first-order chi connectivity index (χ1) is 13.3. The minimum atomic E-state index is -3.93. The molecule has 0 radical (unpaired) electrons. The van der Waals surface area contributed by atoms with Crippen LogP contribution in [0.15, 0.2) is 53.4 Å². The summed E-state index contributed by atoms with van der Waals surface area (Å²) in [7, 11) is -3.93. The molecular formula is C17H17FN6O3S. The number of carbonyl (C=O) groups is 1. The molecule has 0 fully saturated rings. The summed E-state index contributed by atoms with van der Waals surface area (Å²) in [6, 6.07) is 11.7. The van der Waals surface area contributed by atoms with Crippen LogP contribution in [-0.4, -0.2) is 29.4 Å². The maximum absolute atomic E-state index is 13.0. The van der Waals surface area contributed by atoms with E-state index in [0.29, 0.717) is 11.4 Å². The smallest absolute Gasteiger partial charge is 0.277 e. The molecule has 11 heteroatoms. The number of anilines is 1. The van der Waals surface area contributed by atoms with Crippen LogP contribution < -0.4 is 15.7 Å². The molecule has 0 saturated carbocycles. The second kappa shape index (κ2) is 7.74. The summed E-state index contributed by atoms with van der Waals surface area (Å²) in [6.45, 7) is 3.40. The van der Waals surface area contributed by atoms with Crippen molar-refractivity contribution in [2.24, 2.45) is 0 Å². The number of aromatic nitrogens is 3. The van der Waals surface area contributed by atoms with E-state index in [-0.39, 0.29) is 16.4 Å². The van der Waals surface area contributed by atoms with Gasteiger partial charge in [0.2, 0.25) is 0 Å². The van der Waals surface area contributed by atoms with Gasteiger partial charge in [-0.1, -0.05) is 17.7 Å². The van der Waals surface area contributed by atoms with Crippen molar-refractivity contribution in [3.05, 3.63) is 71.3 Å². The maximum atomic E-state index is 13.0. The van der Waals surface area contributed by atoms with Gasteiger partial charge in [-0.25, -0.2) is 12.8 Å². The lowest BCUT2D eigenvalue weighted by atomic mass is 10.2. The summed E-state index contributed by atoms with van der Waals surface area (Å²) in [5, 5.41) is 7.53. The highest BCUT2D eigenvalue weighted by atomic mass is 32.2. The predicted molar refractivity (Wildman–Crippen MR) is 99.1 cm³/mol. The van der Waals surface area contributed by atoms with E-state index in [1.54, 1.807) is 19.1 Å². The van der Waals surface area contributed by atoms with Gasteiger partial charge in [-0.15, -0.1) is 9.93 Å². The standard InChI is InChI=1S/C17H17FN6O3S/c1-11-3-9-15(10-4-11)28(26,27)23-20-17(25)16-12(2)24(22-19-16)21-14-7-5-13(18)6-8-14/h3-10,21,23H,1-2H3,(H,20,25). The van der Waals surface area contributed by atoms with E-state index in [2.05, 4.69) is 21.2 Å². The van der Waals surface area contributed by atoms with Crippen molar-refractivity contribution in [3.63, 3.8) is 0 Å². The van der Waals surface area contributed by atoms with E-state index in [1.165, 1.54) is 41.2 Å². The fraction of sp³-hybridized carbons (Fsp3) is 0.118. The summed E-state index contributed by atoms with van der Waals surface area (Å²) < 4.78 is 37.4. The Hall–Kier alpha value is -3.31. The van der Waals surface area contributed by atoms with Crippen LogP contribution in [-0.2, 0) is 10.0 Å². The molecule has 1 aromatic heterocycles. The first-order valence-corrected chi connectivity index (χ1v) is 9.58. The van der Waals surface area contributed by atoms with Crippen LogP contribution in [0, 0.1) is 19.7 Å². The molecule has 1 amide bonds. The Morgan fingerprint density at radius 1 is 1.04 bits per heavy atom. The normalized spacial score (nSPS) is 11.2. The first-order valence-electron chi connectivity index (χ1n) is 8.10. The molecule has 0 unspecified atom stereocenters. The molecule has 3 N–H and O–H groups in total. The number of benzene rings is 2. The number of aryl methyl sites for hydroxylation is 1. The first kappa shape index (κ1) is 19.5. The molecule has 0 aliphatic heterocycles. The lowest BCUT2D eigenvalue weighted by Gasteiger charge is -2.09. The number of hydrogen-bond acceptors (Lipinski definition) is 6. The van der Waals surface area contributed by atoms with Crippen molar-refractivity contribution in [3.8, 4) is 0 Å². The van der Waals surface area contributed by atoms with Crippen molar-refractivity contribution in [1.29, 1.82) is 0 Å². The van der Waals surface area contributed by atoms with Crippen molar-refractivity contribution >= 4 is 21.6 Å². The van der Waals surface area contributed by atoms with Gasteiger partial charge in [0.1, 0.15) is 5.82 Å². The maximum Gasteiger partial charge on any atom is 0.288 e. The van der Waals surface area contributed by atoms with Gasteiger partial charge in [-0.05, 0) is 55.5 Å². The molecule has 9 nitrogen and oxygen atoms in total. The zero-order valence-corrected chi connectivity index (χ0v) is 15.8. The molecule has 0 saturated heterocycles. The number of carbonyl (C=O) groups excluding carboxylic acids is 1. The molecule has 0 bridgehead atoms. The van der Waals surface area contributed by atoms with Gasteiger partial charge in [0.25, 0.3) is 15.9 Å². The van der Waals surface area contributed by atoms with Crippen LogP contribution in [0.1, 0.15) is 21.7 Å². The van der Waals surface area contributed by atoms with E-state index in [0.717, 1.165) is 5.56 Å². The van der Waals surface area contributed by atoms with Gasteiger partial charge in [-0.2, -0.15) is 4.79 Å². The third kappa shape index (κ3) is 4.32. The summed E-state index contributed by atoms with van der Waals surface area (Å²) in [6.07, 6.45) is 0. The minimum Gasteiger partial charge on any atom is -0.277 e. The number of nitrogens with one attached hydrogen (secondary N) is 3. The van der Waals surface area contributed by atoms with E-state index < -0.39 is 15.9 Å². The van der Waals surface area contributed by atoms with Crippen LogP contribution >= 0.6 is 0 Å². The summed E-state index contributed by atoms with van der Waals surface area (Å²) >= 11 is 0. The molecule has 0 atom stereocenters. The highest BCUT2D eigenvalue weighted by molar-refractivity contribution is 7.89. The third-order valence-corrected chi connectivity index (χ3v) is 5.08. The number of nitrogens with zero attached hydrogens (tertiary/aromatic N) is 3. The van der Waals surface area contributed by atoms with Crippen LogP contribution in [0.25, 0.3) is 0 Å². The largest absolute Gasteiger partial charge is 0.288 e. The molecule has 146 valence electrons. The topological polar surface area (TPSA) is 118 Å². The number of hydrogen-bond donors (Lipinski definition) is 3.